The Kier molecular flexibility index (Phi) is 5.63. The summed E-state index contributed by atoms with van der Waals surface area (Å²) in [6.45, 7) is 0.461. The SMILES string of the molecule is N#CCCNc1nc(Cl)cc(Cc2c(Cl)cccc2Cl)n1. The van der Waals surface area contributed by atoms with Crippen LogP contribution in [0.25, 0.3) is 0 Å². The van der Waals surface area contributed by atoms with Gasteiger partial charge in [0.15, 0.2) is 0 Å². The fourth-order valence-corrected chi connectivity index (χ4v) is 2.48. The first-order chi connectivity index (χ1) is 10.1. The van der Waals surface area contributed by atoms with E-state index in [0.717, 1.165) is 5.56 Å². The number of nitriles is 1. The molecular formula is C14H11Cl3N4. The molecule has 0 aliphatic rings. The third-order valence-corrected chi connectivity index (χ3v) is 3.59. The Bertz CT molecular complexity index is 662. The lowest BCUT2D eigenvalue weighted by Gasteiger charge is -2.09. The molecule has 0 saturated heterocycles. The van der Waals surface area contributed by atoms with Crippen molar-refractivity contribution in [2.24, 2.45) is 0 Å². The Morgan fingerprint density at radius 2 is 1.86 bits per heavy atom. The molecule has 4 nitrogen and oxygen atoms in total. The molecular weight excluding hydrogens is 331 g/mol. The van der Waals surface area contributed by atoms with E-state index in [9.17, 15) is 0 Å². The molecule has 0 bridgehead atoms. The van der Waals surface area contributed by atoms with Gasteiger partial charge in [-0.25, -0.2) is 9.97 Å². The summed E-state index contributed by atoms with van der Waals surface area (Å²) in [6, 6.07) is 9.04. The van der Waals surface area contributed by atoms with Gasteiger partial charge < -0.3 is 5.32 Å². The second-order valence-corrected chi connectivity index (χ2v) is 5.42. The third-order valence-electron chi connectivity index (χ3n) is 2.69. The number of nitrogens with one attached hydrogen (secondary N) is 1. The van der Waals surface area contributed by atoms with Crippen LogP contribution in [0.2, 0.25) is 15.2 Å². The van der Waals surface area contributed by atoms with E-state index in [1.165, 1.54) is 0 Å². The van der Waals surface area contributed by atoms with Gasteiger partial charge in [-0.1, -0.05) is 40.9 Å². The molecule has 2 rings (SSSR count). The minimum absolute atomic E-state index is 0.322. The van der Waals surface area contributed by atoms with Crippen molar-refractivity contribution in [2.45, 2.75) is 12.8 Å². The van der Waals surface area contributed by atoms with E-state index in [1.807, 2.05) is 6.07 Å². The van der Waals surface area contributed by atoms with Crippen molar-refractivity contribution in [3.05, 3.63) is 50.7 Å². The van der Waals surface area contributed by atoms with Crippen LogP contribution >= 0.6 is 34.8 Å². The summed E-state index contributed by atoms with van der Waals surface area (Å²) < 4.78 is 0. The number of anilines is 1. The molecule has 0 radical (unpaired) electrons. The van der Waals surface area contributed by atoms with Gasteiger partial charge in [-0.2, -0.15) is 5.26 Å². The molecule has 2 aromatic rings. The Morgan fingerprint density at radius 3 is 2.52 bits per heavy atom. The van der Waals surface area contributed by atoms with Crippen LogP contribution in [-0.4, -0.2) is 16.5 Å². The van der Waals surface area contributed by atoms with Gasteiger partial charge in [0.1, 0.15) is 5.15 Å². The Hall–Kier alpha value is -1.54. The molecule has 0 unspecified atom stereocenters. The molecule has 0 aliphatic heterocycles. The first-order valence-electron chi connectivity index (χ1n) is 6.17. The lowest BCUT2D eigenvalue weighted by Crippen LogP contribution is -2.07. The number of nitrogens with zero attached hydrogens (tertiary/aromatic N) is 3. The van der Waals surface area contributed by atoms with Gasteiger partial charge in [0, 0.05) is 23.0 Å². The van der Waals surface area contributed by atoms with Crippen LogP contribution in [0.15, 0.2) is 24.3 Å². The molecule has 1 aromatic heterocycles. The van der Waals surface area contributed by atoms with Crippen molar-refractivity contribution in [1.82, 2.24) is 9.97 Å². The Balaban J connectivity index is 2.22. The molecule has 1 aromatic carbocycles. The summed E-state index contributed by atoms with van der Waals surface area (Å²) in [5.74, 6) is 0.385. The number of benzene rings is 1. The van der Waals surface area contributed by atoms with E-state index in [1.54, 1.807) is 24.3 Å². The predicted molar refractivity (Wildman–Crippen MR) is 85.0 cm³/mol. The highest BCUT2D eigenvalue weighted by molar-refractivity contribution is 6.36. The first kappa shape index (κ1) is 15.8. The summed E-state index contributed by atoms with van der Waals surface area (Å²) in [6.07, 6.45) is 0.815. The minimum Gasteiger partial charge on any atom is -0.353 e. The number of halogens is 3. The minimum atomic E-state index is 0.322. The molecule has 7 heteroatoms. The number of rotatable bonds is 5. The quantitative estimate of drug-likeness (QED) is 0.648. The first-order valence-corrected chi connectivity index (χ1v) is 7.30. The van der Waals surface area contributed by atoms with Crippen molar-refractivity contribution in [3.8, 4) is 6.07 Å². The van der Waals surface area contributed by atoms with E-state index in [0.29, 0.717) is 46.2 Å². The molecule has 0 atom stereocenters. The second-order valence-electron chi connectivity index (χ2n) is 4.22. The van der Waals surface area contributed by atoms with Crippen LogP contribution in [0, 0.1) is 11.3 Å². The van der Waals surface area contributed by atoms with Crippen LogP contribution in [0.3, 0.4) is 0 Å². The summed E-state index contributed by atoms with van der Waals surface area (Å²) in [4.78, 5) is 8.41. The highest BCUT2D eigenvalue weighted by Gasteiger charge is 2.09. The van der Waals surface area contributed by atoms with E-state index >= 15 is 0 Å². The fourth-order valence-electron chi connectivity index (χ4n) is 1.75. The summed E-state index contributed by atoms with van der Waals surface area (Å²) in [5, 5.41) is 13.0. The van der Waals surface area contributed by atoms with Crippen LogP contribution in [0.1, 0.15) is 17.7 Å². The molecule has 0 saturated carbocycles. The summed E-state index contributed by atoms with van der Waals surface area (Å²) in [5.41, 5.74) is 1.49. The van der Waals surface area contributed by atoms with E-state index in [-0.39, 0.29) is 0 Å². The van der Waals surface area contributed by atoms with Gasteiger partial charge in [0.05, 0.1) is 18.2 Å². The zero-order valence-electron chi connectivity index (χ0n) is 10.9. The Morgan fingerprint density at radius 1 is 1.14 bits per heavy atom. The molecule has 1 N–H and O–H groups in total. The van der Waals surface area contributed by atoms with Crippen LogP contribution in [0.4, 0.5) is 5.95 Å². The van der Waals surface area contributed by atoms with Gasteiger partial charge in [-0.15, -0.1) is 0 Å². The Labute approximate surface area is 137 Å². The maximum absolute atomic E-state index is 8.52. The lowest BCUT2D eigenvalue weighted by molar-refractivity contribution is 0.981. The van der Waals surface area contributed by atoms with Gasteiger partial charge in [-0.05, 0) is 23.8 Å². The van der Waals surface area contributed by atoms with Crippen LogP contribution < -0.4 is 5.32 Å². The summed E-state index contributed by atoms with van der Waals surface area (Å²) in [7, 11) is 0. The third kappa shape index (κ3) is 4.47. The fraction of sp³-hybridized carbons (Fsp3) is 0.214. The van der Waals surface area contributed by atoms with Gasteiger partial charge >= 0.3 is 0 Å². The van der Waals surface area contributed by atoms with Crippen molar-refractivity contribution in [3.63, 3.8) is 0 Å². The van der Waals surface area contributed by atoms with Crippen molar-refractivity contribution in [2.75, 3.05) is 11.9 Å². The van der Waals surface area contributed by atoms with E-state index in [2.05, 4.69) is 15.3 Å². The zero-order valence-corrected chi connectivity index (χ0v) is 13.2. The second kappa shape index (κ2) is 7.46. The molecule has 21 heavy (non-hydrogen) atoms. The monoisotopic (exact) mass is 340 g/mol. The number of hydrogen-bond donors (Lipinski definition) is 1. The molecule has 0 fully saturated rings. The molecule has 0 amide bonds. The number of hydrogen-bond acceptors (Lipinski definition) is 4. The van der Waals surface area contributed by atoms with E-state index in [4.69, 9.17) is 40.1 Å². The predicted octanol–water partition coefficient (Wildman–Crippen LogP) is 4.35. The smallest absolute Gasteiger partial charge is 0.224 e. The van der Waals surface area contributed by atoms with Crippen LogP contribution in [0.5, 0.6) is 0 Å². The van der Waals surface area contributed by atoms with Gasteiger partial charge in [0.2, 0.25) is 5.95 Å². The molecule has 0 aliphatic carbocycles. The van der Waals surface area contributed by atoms with Crippen molar-refractivity contribution >= 4 is 40.8 Å². The zero-order chi connectivity index (χ0) is 15.2. The average molecular weight is 342 g/mol. The molecule has 0 spiro atoms. The van der Waals surface area contributed by atoms with Crippen LogP contribution in [-0.2, 0) is 6.42 Å². The topological polar surface area (TPSA) is 61.6 Å². The van der Waals surface area contributed by atoms with E-state index < -0.39 is 0 Å². The maximum Gasteiger partial charge on any atom is 0.224 e. The number of aromatic nitrogens is 2. The van der Waals surface area contributed by atoms with Crippen molar-refractivity contribution < 1.29 is 0 Å². The highest BCUT2D eigenvalue weighted by Crippen LogP contribution is 2.27. The van der Waals surface area contributed by atoms with Gasteiger partial charge in [-0.3, -0.25) is 0 Å². The largest absolute Gasteiger partial charge is 0.353 e. The lowest BCUT2D eigenvalue weighted by atomic mass is 10.1. The average Bonchev–Trinajstić information content (AvgIpc) is 2.43. The molecule has 1 heterocycles. The van der Waals surface area contributed by atoms with Gasteiger partial charge in [0.25, 0.3) is 0 Å². The van der Waals surface area contributed by atoms with Crippen molar-refractivity contribution in [1.29, 1.82) is 5.26 Å². The molecule has 108 valence electrons. The highest BCUT2D eigenvalue weighted by atomic mass is 35.5. The standard InChI is InChI=1S/C14H11Cl3N4/c15-11-3-1-4-12(16)10(11)7-9-8-13(17)21-14(20-9)19-6-2-5-18/h1,3-4,8H,2,6-7H2,(H,19,20,21). The maximum atomic E-state index is 8.52. The normalized spacial score (nSPS) is 10.2. The summed E-state index contributed by atoms with van der Waals surface area (Å²) >= 11 is 18.3.